The molecule has 0 unspecified atom stereocenters. The molecule has 0 aliphatic rings. The molecule has 13 heavy (non-hydrogen) atoms. The molecular weight excluding hydrogens is 254 g/mol. The predicted octanol–water partition coefficient (Wildman–Crippen LogP) is 3.39. The van der Waals surface area contributed by atoms with Crippen LogP contribution in [-0.2, 0) is 0 Å². The van der Waals surface area contributed by atoms with Crippen molar-refractivity contribution in [2.24, 2.45) is 0 Å². The lowest BCUT2D eigenvalue weighted by molar-refractivity contribution is -0.387. The Morgan fingerprint density at radius 3 is 2.62 bits per heavy atom. The van der Waals surface area contributed by atoms with Gasteiger partial charge in [0.25, 0.3) is 5.69 Å². The van der Waals surface area contributed by atoms with Gasteiger partial charge in [-0.15, -0.1) is 11.8 Å². The highest BCUT2D eigenvalue weighted by molar-refractivity contribution is 9.10. The topological polar surface area (TPSA) is 43.1 Å². The molecule has 5 heteroatoms. The number of rotatable bonds is 2. The molecule has 0 saturated heterocycles. The molecule has 0 radical (unpaired) electrons. The summed E-state index contributed by atoms with van der Waals surface area (Å²) in [6.07, 6.45) is 1.84. The molecule has 0 aliphatic carbocycles. The molecule has 0 heterocycles. The number of nitrogens with zero attached hydrogens (tertiary/aromatic N) is 1. The van der Waals surface area contributed by atoms with Crippen molar-refractivity contribution >= 4 is 33.4 Å². The zero-order chi connectivity index (χ0) is 10.0. The highest BCUT2D eigenvalue weighted by Crippen LogP contribution is 2.34. The molecule has 0 bridgehead atoms. The van der Waals surface area contributed by atoms with Crippen molar-refractivity contribution in [1.29, 1.82) is 0 Å². The van der Waals surface area contributed by atoms with Crippen LogP contribution in [-0.4, -0.2) is 11.2 Å². The molecule has 0 aliphatic heterocycles. The van der Waals surface area contributed by atoms with Gasteiger partial charge in [0.2, 0.25) is 0 Å². The van der Waals surface area contributed by atoms with Crippen LogP contribution in [0.25, 0.3) is 0 Å². The molecule has 0 atom stereocenters. The van der Waals surface area contributed by atoms with Crippen molar-refractivity contribution < 1.29 is 4.92 Å². The Morgan fingerprint density at radius 2 is 2.15 bits per heavy atom. The summed E-state index contributed by atoms with van der Waals surface area (Å²) in [6.45, 7) is 1.86. The van der Waals surface area contributed by atoms with Crippen LogP contribution in [0, 0.1) is 17.0 Å². The fraction of sp³-hybridized carbons (Fsp3) is 0.250. The second-order valence-corrected chi connectivity index (χ2v) is 4.15. The molecule has 3 nitrogen and oxygen atoms in total. The van der Waals surface area contributed by atoms with E-state index >= 15 is 0 Å². The monoisotopic (exact) mass is 261 g/mol. The van der Waals surface area contributed by atoms with Crippen LogP contribution in [0.4, 0.5) is 5.69 Å². The minimum absolute atomic E-state index is 0.174. The van der Waals surface area contributed by atoms with Gasteiger partial charge in [-0.05, 0) is 24.8 Å². The normalized spacial score (nSPS) is 10.1. The van der Waals surface area contributed by atoms with Crippen LogP contribution >= 0.6 is 27.7 Å². The van der Waals surface area contributed by atoms with Gasteiger partial charge in [0.1, 0.15) is 0 Å². The van der Waals surface area contributed by atoms with Gasteiger partial charge in [0, 0.05) is 10.5 Å². The third-order valence-electron chi connectivity index (χ3n) is 1.72. The molecule has 1 aromatic carbocycles. The average Bonchev–Trinajstić information content (AvgIpc) is 2.09. The first-order chi connectivity index (χ1) is 6.07. The second kappa shape index (κ2) is 4.11. The first-order valence-electron chi connectivity index (χ1n) is 3.55. The summed E-state index contributed by atoms with van der Waals surface area (Å²) in [6, 6.07) is 3.22. The number of hydrogen-bond acceptors (Lipinski definition) is 3. The van der Waals surface area contributed by atoms with Crippen LogP contribution in [0.3, 0.4) is 0 Å². The minimum atomic E-state index is -0.356. The lowest BCUT2D eigenvalue weighted by Gasteiger charge is -2.04. The molecule has 0 aromatic heterocycles. The number of halogens is 1. The van der Waals surface area contributed by atoms with Crippen molar-refractivity contribution in [3.8, 4) is 0 Å². The largest absolute Gasteiger partial charge is 0.283 e. The van der Waals surface area contributed by atoms with E-state index in [1.54, 1.807) is 6.07 Å². The SMILES string of the molecule is CSc1c([N+](=O)[O-])ccc(Br)c1C. The summed E-state index contributed by atoms with van der Waals surface area (Å²) in [5.74, 6) is 0. The fourth-order valence-electron chi connectivity index (χ4n) is 1.05. The Bertz CT molecular complexity index is 354. The van der Waals surface area contributed by atoms with Gasteiger partial charge in [0.15, 0.2) is 0 Å². The number of thioether (sulfide) groups is 1. The van der Waals surface area contributed by atoms with Gasteiger partial charge in [0.05, 0.1) is 9.82 Å². The minimum Gasteiger partial charge on any atom is -0.258 e. The van der Waals surface area contributed by atoms with E-state index < -0.39 is 0 Å². The van der Waals surface area contributed by atoms with Gasteiger partial charge in [-0.25, -0.2) is 0 Å². The van der Waals surface area contributed by atoms with E-state index in [0.717, 1.165) is 14.9 Å². The molecule has 0 saturated carbocycles. The van der Waals surface area contributed by atoms with Crippen molar-refractivity contribution in [2.45, 2.75) is 11.8 Å². The standard InChI is InChI=1S/C8H8BrNO2S/c1-5-6(9)3-4-7(10(11)12)8(5)13-2/h3-4H,1-2H3. The zero-order valence-electron chi connectivity index (χ0n) is 7.20. The van der Waals surface area contributed by atoms with Gasteiger partial charge in [-0.1, -0.05) is 15.9 Å². The molecule has 1 rings (SSSR count). The molecule has 1 aromatic rings. The predicted molar refractivity (Wildman–Crippen MR) is 57.3 cm³/mol. The second-order valence-electron chi connectivity index (χ2n) is 2.48. The number of hydrogen-bond donors (Lipinski definition) is 0. The Labute approximate surface area is 88.8 Å². The summed E-state index contributed by atoms with van der Waals surface area (Å²) < 4.78 is 0.905. The van der Waals surface area contributed by atoms with Crippen molar-refractivity contribution in [3.63, 3.8) is 0 Å². The summed E-state index contributed by atoms with van der Waals surface area (Å²) in [4.78, 5) is 11.0. The van der Waals surface area contributed by atoms with Crippen molar-refractivity contribution in [1.82, 2.24) is 0 Å². The Balaban J connectivity index is 3.38. The van der Waals surface area contributed by atoms with E-state index in [2.05, 4.69) is 15.9 Å². The van der Waals surface area contributed by atoms with Gasteiger partial charge in [-0.3, -0.25) is 10.1 Å². The molecule has 0 amide bonds. The third kappa shape index (κ3) is 2.03. The lowest BCUT2D eigenvalue weighted by atomic mass is 10.2. The van der Waals surface area contributed by atoms with Crippen LogP contribution in [0.2, 0.25) is 0 Å². The van der Waals surface area contributed by atoms with Crippen LogP contribution in [0.5, 0.6) is 0 Å². The number of nitro benzene ring substituents is 1. The van der Waals surface area contributed by atoms with E-state index in [-0.39, 0.29) is 10.6 Å². The maximum Gasteiger partial charge on any atom is 0.283 e. The van der Waals surface area contributed by atoms with E-state index in [1.807, 2.05) is 13.2 Å². The molecule has 70 valence electrons. The van der Waals surface area contributed by atoms with Gasteiger partial charge < -0.3 is 0 Å². The average molecular weight is 262 g/mol. The van der Waals surface area contributed by atoms with Crippen molar-refractivity contribution in [3.05, 3.63) is 32.3 Å². The smallest absolute Gasteiger partial charge is 0.258 e. The Kier molecular flexibility index (Phi) is 3.33. The Morgan fingerprint density at radius 1 is 1.54 bits per heavy atom. The zero-order valence-corrected chi connectivity index (χ0v) is 9.61. The molecule has 0 spiro atoms. The number of benzene rings is 1. The van der Waals surface area contributed by atoms with Crippen LogP contribution < -0.4 is 0 Å². The van der Waals surface area contributed by atoms with Crippen LogP contribution in [0.1, 0.15) is 5.56 Å². The molecular formula is C8H8BrNO2S. The quantitative estimate of drug-likeness (QED) is 0.466. The fourth-order valence-corrected chi connectivity index (χ4v) is 2.28. The highest BCUT2D eigenvalue weighted by atomic mass is 79.9. The lowest BCUT2D eigenvalue weighted by Crippen LogP contribution is -1.93. The first kappa shape index (κ1) is 10.5. The number of nitro groups is 1. The van der Waals surface area contributed by atoms with E-state index in [9.17, 15) is 10.1 Å². The van der Waals surface area contributed by atoms with Crippen LogP contribution in [0.15, 0.2) is 21.5 Å². The maximum atomic E-state index is 10.6. The summed E-state index contributed by atoms with van der Waals surface area (Å²) >= 11 is 4.73. The molecule has 0 N–H and O–H groups in total. The highest BCUT2D eigenvalue weighted by Gasteiger charge is 2.16. The Hall–Kier alpha value is -0.550. The van der Waals surface area contributed by atoms with E-state index in [0.29, 0.717) is 0 Å². The van der Waals surface area contributed by atoms with Crippen molar-refractivity contribution in [2.75, 3.05) is 6.26 Å². The maximum absolute atomic E-state index is 10.6. The molecule has 0 fully saturated rings. The first-order valence-corrected chi connectivity index (χ1v) is 5.57. The summed E-state index contributed by atoms with van der Waals surface area (Å²) in [7, 11) is 0. The van der Waals surface area contributed by atoms with E-state index in [1.165, 1.54) is 17.8 Å². The third-order valence-corrected chi connectivity index (χ3v) is 3.50. The van der Waals surface area contributed by atoms with Gasteiger partial charge in [-0.2, -0.15) is 0 Å². The summed E-state index contributed by atoms with van der Waals surface area (Å²) in [5, 5.41) is 10.6. The van der Waals surface area contributed by atoms with Gasteiger partial charge >= 0.3 is 0 Å². The summed E-state index contributed by atoms with van der Waals surface area (Å²) in [5.41, 5.74) is 1.09. The van der Waals surface area contributed by atoms with E-state index in [4.69, 9.17) is 0 Å².